The second kappa shape index (κ2) is 15.2. The van der Waals surface area contributed by atoms with Crippen molar-refractivity contribution in [2.24, 2.45) is 0 Å². The van der Waals surface area contributed by atoms with Crippen LogP contribution in [0.3, 0.4) is 0 Å². The Kier molecular flexibility index (Phi) is 10.8. The zero-order chi connectivity index (χ0) is 38.9. The SMILES string of the molecule is Cc1ccc(C(=O)C(O)(C(=O)ON2CCC[C@@H]2c2cc(F)ccc2F)C(O)(C(=O)ON2CCC[C@@H]2c2cc(F)ccc2F)C(=O)c2ccc(C)cc2)cc1. The molecule has 2 N–H and O–H groups in total. The third-order valence-electron chi connectivity index (χ3n) is 9.84. The maximum Gasteiger partial charge on any atom is 0.369 e. The molecule has 2 fully saturated rings. The van der Waals surface area contributed by atoms with Gasteiger partial charge >= 0.3 is 11.9 Å². The van der Waals surface area contributed by atoms with Crippen LogP contribution in [0.25, 0.3) is 0 Å². The van der Waals surface area contributed by atoms with E-state index < -0.39 is 81.2 Å². The summed E-state index contributed by atoms with van der Waals surface area (Å²) in [5.41, 5.74) is -8.22. The van der Waals surface area contributed by atoms with Crippen LogP contribution in [0.4, 0.5) is 17.6 Å². The van der Waals surface area contributed by atoms with Crippen molar-refractivity contribution in [2.45, 2.75) is 62.8 Å². The monoisotopic (exact) mass is 748 g/mol. The highest BCUT2D eigenvalue weighted by Gasteiger charge is 2.72. The van der Waals surface area contributed by atoms with Gasteiger partial charge < -0.3 is 19.9 Å². The lowest BCUT2D eigenvalue weighted by Crippen LogP contribution is -2.73. The topological polar surface area (TPSA) is 134 Å². The molecule has 2 unspecified atom stereocenters. The van der Waals surface area contributed by atoms with Crippen molar-refractivity contribution >= 4 is 23.5 Å². The molecule has 4 aromatic carbocycles. The number of halogens is 4. The highest BCUT2D eigenvalue weighted by atomic mass is 19.1. The van der Waals surface area contributed by atoms with Crippen molar-refractivity contribution in [2.75, 3.05) is 13.1 Å². The van der Waals surface area contributed by atoms with Crippen molar-refractivity contribution < 1.29 is 56.6 Å². The average Bonchev–Trinajstić information content (AvgIpc) is 3.82. The minimum Gasteiger partial charge on any atom is -0.368 e. The van der Waals surface area contributed by atoms with Crippen LogP contribution in [-0.2, 0) is 19.3 Å². The van der Waals surface area contributed by atoms with Crippen molar-refractivity contribution in [3.8, 4) is 0 Å². The average molecular weight is 749 g/mol. The van der Waals surface area contributed by atoms with Crippen LogP contribution in [0, 0.1) is 37.1 Å². The zero-order valence-corrected chi connectivity index (χ0v) is 29.2. The van der Waals surface area contributed by atoms with E-state index in [9.17, 15) is 47.0 Å². The molecule has 4 atom stereocenters. The van der Waals surface area contributed by atoms with Gasteiger partial charge in [-0.1, -0.05) is 59.7 Å². The normalized spacial score (nSPS) is 19.9. The lowest BCUT2D eigenvalue weighted by molar-refractivity contribution is -0.239. The van der Waals surface area contributed by atoms with Crippen LogP contribution in [-0.4, -0.2) is 68.1 Å². The molecule has 6 rings (SSSR count). The maximum atomic E-state index is 14.9. The highest BCUT2D eigenvalue weighted by Crippen LogP contribution is 2.40. The van der Waals surface area contributed by atoms with Gasteiger partial charge in [0.15, 0.2) is 0 Å². The number of ketones is 2. The number of carbonyl (C=O) groups is 4. The number of Topliss-reactive ketones (excluding diaryl/α,β-unsaturated/α-hetero) is 2. The van der Waals surface area contributed by atoms with Gasteiger partial charge in [0.2, 0.25) is 11.6 Å². The van der Waals surface area contributed by atoms with Crippen LogP contribution < -0.4 is 0 Å². The summed E-state index contributed by atoms with van der Waals surface area (Å²) < 4.78 is 58.3. The van der Waals surface area contributed by atoms with Crippen LogP contribution in [0.5, 0.6) is 0 Å². The lowest BCUT2D eigenvalue weighted by atomic mass is 9.73. The van der Waals surface area contributed by atoms with Crippen molar-refractivity contribution in [3.05, 3.63) is 142 Å². The van der Waals surface area contributed by atoms with E-state index in [-0.39, 0.29) is 49.9 Å². The summed E-state index contributed by atoms with van der Waals surface area (Å²) in [5.74, 6) is -10.6. The second-order valence-corrected chi connectivity index (χ2v) is 13.5. The Hall–Kier alpha value is -5.28. The first-order chi connectivity index (χ1) is 25.6. The second-order valence-electron chi connectivity index (χ2n) is 13.5. The van der Waals surface area contributed by atoms with Gasteiger partial charge in [0.05, 0.1) is 12.1 Å². The quantitative estimate of drug-likeness (QED) is 0.107. The minimum absolute atomic E-state index is 0.120. The number of nitrogens with zero attached hydrogens (tertiary/aromatic N) is 2. The maximum absolute atomic E-state index is 14.9. The molecule has 0 amide bonds. The molecule has 282 valence electrons. The fourth-order valence-electron chi connectivity index (χ4n) is 6.84. The molecule has 2 saturated heterocycles. The number of aliphatic hydroxyl groups is 2. The van der Waals surface area contributed by atoms with E-state index in [1.54, 1.807) is 13.8 Å². The molecule has 54 heavy (non-hydrogen) atoms. The molecular weight excluding hydrogens is 712 g/mol. The molecule has 14 heteroatoms. The summed E-state index contributed by atoms with van der Waals surface area (Å²) in [6.45, 7) is 3.11. The van der Waals surface area contributed by atoms with E-state index in [1.807, 2.05) is 0 Å². The van der Waals surface area contributed by atoms with E-state index in [4.69, 9.17) is 9.68 Å². The Morgan fingerprint density at radius 3 is 1.30 bits per heavy atom. The van der Waals surface area contributed by atoms with Crippen molar-refractivity contribution in [1.82, 2.24) is 10.1 Å². The smallest absolute Gasteiger partial charge is 0.368 e. The van der Waals surface area contributed by atoms with Gasteiger partial charge in [-0.25, -0.2) is 27.2 Å². The van der Waals surface area contributed by atoms with Crippen molar-refractivity contribution in [3.63, 3.8) is 0 Å². The fraction of sp³-hybridized carbons (Fsp3) is 0.300. The molecule has 4 aromatic rings. The minimum atomic E-state index is -4.10. The van der Waals surface area contributed by atoms with E-state index in [2.05, 4.69) is 0 Å². The standard InChI is InChI=1S/C40H36F4N2O8/c1-23-7-11-25(12-8-23)35(47)39(51,37(49)53-45-19-3-5-33(45)29-21-27(41)15-17-31(29)43)40(52,36(48)26-13-9-24(2)10-14-26)38(50)54-46-20-4-6-34(46)30-22-28(42)16-18-32(30)44/h7-18,21-22,33-34,51-52H,3-6,19-20H2,1-2H3/t33-,34-,39?,40?/m1/s1. The van der Waals surface area contributed by atoms with Gasteiger partial charge in [-0.3, -0.25) is 9.59 Å². The van der Waals surface area contributed by atoms with Crippen LogP contribution in [0.15, 0.2) is 84.9 Å². The number of hydroxylamine groups is 4. The molecule has 0 spiro atoms. The number of carbonyl (C=O) groups excluding carboxylic acids is 4. The summed E-state index contributed by atoms with van der Waals surface area (Å²) in [4.78, 5) is 68.9. The Morgan fingerprint density at radius 2 is 0.944 bits per heavy atom. The number of hydrogen-bond acceptors (Lipinski definition) is 10. The predicted molar refractivity (Wildman–Crippen MR) is 183 cm³/mol. The molecule has 2 heterocycles. The third kappa shape index (κ3) is 7.05. The molecule has 0 aliphatic carbocycles. The molecule has 0 bridgehead atoms. The van der Waals surface area contributed by atoms with Gasteiger partial charge in [-0.15, -0.1) is 10.1 Å². The van der Waals surface area contributed by atoms with Crippen LogP contribution in [0.2, 0.25) is 0 Å². The number of hydrogen-bond donors (Lipinski definition) is 2. The Balaban J connectivity index is 1.47. The number of benzene rings is 4. The Labute approximate surface area is 307 Å². The molecule has 10 nitrogen and oxygen atoms in total. The number of aryl methyl sites for hydroxylation is 2. The first kappa shape index (κ1) is 38.4. The Bertz CT molecular complexity index is 1950. The summed E-state index contributed by atoms with van der Waals surface area (Å²) in [7, 11) is 0. The zero-order valence-electron chi connectivity index (χ0n) is 29.2. The van der Waals surface area contributed by atoms with E-state index >= 15 is 0 Å². The van der Waals surface area contributed by atoms with Gasteiger partial charge in [0.25, 0.3) is 11.2 Å². The predicted octanol–water partition coefficient (Wildman–Crippen LogP) is 5.98. The van der Waals surface area contributed by atoms with Gasteiger partial charge in [-0.2, -0.15) is 0 Å². The Morgan fingerprint density at radius 1 is 0.593 bits per heavy atom. The van der Waals surface area contributed by atoms with Gasteiger partial charge in [-0.05, 0) is 75.9 Å². The first-order valence-electron chi connectivity index (χ1n) is 17.2. The largest absolute Gasteiger partial charge is 0.369 e. The number of rotatable bonds is 11. The third-order valence-corrected chi connectivity index (χ3v) is 9.84. The first-order valence-corrected chi connectivity index (χ1v) is 17.2. The van der Waals surface area contributed by atoms with Crippen molar-refractivity contribution in [1.29, 1.82) is 0 Å². The molecule has 2 aliphatic rings. The van der Waals surface area contributed by atoms with E-state index in [0.717, 1.165) is 46.5 Å². The molecule has 0 radical (unpaired) electrons. The molecule has 0 aromatic heterocycles. The summed E-state index contributed by atoms with van der Waals surface area (Å²) in [6, 6.07) is 13.5. The fourth-order valence-corrected chi connectivity index (χ4v) is 6.84. The lowest BCUT2D eigenvalue weighted by Gasteiger charge is -2.39. The van der Waals surface area contributed by atoms with E-state index in [0.29, 0.717) is 11.1 Å². The van der Waals surface area contributed by atoms with Gasteiger partial charge in [0.1, 0.15) is 23.3 Å². The van der Waals surface area contributed by atoms with Gasteiger partial charge in [0, 0.05) is 35.3 Å². The molecule has 0 saturated carbocycles. The molecule has 2 aliphatic heterocycles. The van der Waals surface area contributed by atoms with E-state index in [1.165, 1.54) is 48.5 Å². The van der Waals surface area contributed by atoms with Crippen LogP contribution >= 0.6 is 0 Å². The summed E-state index contributed by atoms with van der Waals surface area (Å²) >= 11 is 0. The summed E-state index contributed by atoms with van der Waals surface area (Å²) in [5, 5.41) is 26.8. The van der Waals surface area contributed by atoms with Crippen LogP contribution in [0.1, 0.15) is 80.7 Å². The summed E-state index contributed by atoms with van der Waals surface area (Å²) in [6.07, 6.45) is 0.777. The molecular formula is C40H36F4N2O8. The highest BCUT2D eigenvalue weighted by molar-refractivity contribution is 6.28.